The number of carbonyl (C=O) groups is 1. The molecule has 26 heavy (non-hydrogen) atoms. The number of rotatable bonds is 11. The van der Waals surface area contributed by atoms with Crippen LogP contribution in [0.2, 0.25) is 0 Å². The molecule has 0 unspecified atom stereocenters. The van der Waals surface area contributed by atoms with Gasteiger partial charge in [-0.3, -0.25) is 4.79 Å². The molecule has 0 amide bonds. The highest BCUT2D eigenvalue weighted by Crippen LogP contribution is 2.37. The van der Waals surface area contributed by atoms with E-state index in [9.17, 15) is 4.79 Å². The molecule has 0 aliphatic carbocycles. The molecular formula is C22H38O4. The van der Waals surface area contributed by atoms with Gasteiger partial charge in [0.05, 0.1) is 13.5 Å². The van der Waals surface area contributed by atoms with Crippen LogP contribution >= 0.6 is 0 Å². The lowest BCUT2D eigenvalue weighted by Gasteiger charge is -2.38. The molecule has 0 aromatic carbocycles. The molecule has 1 rings (SSSR count). The fourth-order valence-corrected chi connectivity index (χ4v) is 3.70. The minimum absolute atomic E-state index is 0.200. The van der Waals surface area contributed by atoms with Gasteiger partial charge in [-0.2, -0.15) is 0 Å². The number of hydrogen-bond donors (Lipinski definition) is 0. The molecule has 0 saturated heterocycles. The van der Waals surface area contributed by atoms with Crippen molar-refractivity contribution in [2.75, 3.05) is 7.11 Å². The monoisotopic (exact) mass is 366 g/mol. The lowest BCUT2D eigenvalue weighted by atomic mass is 9.81. The Kier molecular flexibility index (Phi) is 10.2. The van der Waals surface area contributed by atoms with Crippen LogP contribution in [0.3, 0.4) is 0 Å². The van der Waals surface area contributed by atoms with E-state index in [4.69, 9.17) is 14.5 Å². The molecular weight excluding hydrogens is 328 g/mol. The number of hydrogen-bond acceptors (Lipinski definition) is 4. The standard InChI is InChI=1S/C22H38O4/c1-7-11-12-18(8-2)13-17(5)15-22(10-4)16-19(9-3)20(25-26-22)14-21(23)24-6/h11-12,16-18,20H,7-10,13-15H2,1-6H3/b12-11+/t17-,18+,20-,22+/m1/s1. The first-order valence-electron chi connectivity index (χ1n) is 10.2. The normalized spacial score (nSPS) is 25.8. The molecule has 0 bridgehead atoms. The molecule has 0 spiro atoms. The van der Waals surface area contributed by atoms with Gasteiger partial charge >= 0.3 is 5.97 Å². The molecule has 1 aliphatic rings. The highest BCUT2D eigenvalue weighted by atomic mass is 17.2. The van der Waals surface area contributed by atoms with Crippen molar-refractivity contribution in [1.82, 2.24) is 0 Å². The highest BCUT2D eigenvalue weighted by Gasteiger charge is 2.38. The van der Waals surface area contributed by atoms with E-state index < -0.39 is 5.60 Å². The van der Waals surface area contributed by atoms with E-state index in [1.165, 1.54) is 7.11 Å². The zero-order valence-corrected chi connectivity index (χ0v) is 17.5. The van der Waals surface area contributed by atoms with Gasteiger partial charge in [-0.15, -0.1) is 0 Å². The summed E-state index contributed by atoms with van der Waals surface area (Å²) in [5.41, 5.74) is 0.734. The molecule has 4 nitrogen and oxygen atoms in total. The zero-order chi connectivity index (χ0) is 19.6. The maximum Gasteiger partial charge on any atom is 0.308 e. The molecule has 0 saturated carbocycles. The van der Waals surface area contributed by atoms with Crippen LogP contribution in [0.15, 0.2) is 23.8 Å². The van der Waals surface area contributed by atoms with Gasteiger partial charge in [0, 0.05) is 0 Å². The quantitative estimate of drug-likeness (QED) is 0.264. The van der Waals surface area contributed by atoms with Gasteiger partial charge in [-0.05, 0) is 62.0 Å². The van der Waals surface area contributed by atoms with Crippen molar-refractivity contribution >= 4 is 5.97 Å². The molecule has 4 atom stereocenters. The van der Waals surface area contributed by atoms with E-state index in [1.54, 1.807) is 0 Å². The van der Waals surface area contributed by atoms with Crippen molar-refractivity contribution in [2.24, 2.45) is 11.8 Å². The second-order valence-electron chi connectivity index (χ2n) is 7.49. The van der Waals surface area contributed by atoms with E-state index >= 15 is 0 Å². The van der Waals surface area contributed by atoms with Gasteiger partial charge in [0.1, 0.15) is 11.7 Å². The van der Waals surface area contributed by atoms with Gasteiger partial charge in [-0.1, -0.05) is 46.8 Å². The van der Waals surface area contributed by atoms with Crippen LogP contribution in [0, 0.1) is 11.8 Å². The smallest absolute Gasteiger partial charge is 0.308 e. The van der Waals surface area contributed by atoms with Crippen LogP contribution < -0.4 is 0 Å². The average Bonchev–Trinajstić information content (AvgIpc) is 2.66. The molecule has 0 aromatic heterocycles. The second kappa shape index (κ2) is 11.6. The van der Waals surface area contributed by atoms with Crippen LogP contribution in [0.4, 0.5) is 0 Å². The molecule has 1 heterocycles. The summed E-state index contributed by atoms with van der Waals surface area (Å²) in [5.74, 6) is 0.866. The Morgan fingerprint density at radius 1 is 1.35 bits per heavy atom. The predicted octanol–water partition coefficient (Wildman–Crippen LogP) is 5.77. The molecule has 0 N–H and O–H groups in total. The van der Waals surface area contributed by atoms with E-state index in [-0.39, 0.29) is 18.5 Å². The molecule has 150 valence electrons. The summed E-state index contributed by atoms with van der Waals surface area (Å²) in [6.45, 7) is 10.9. The summed E-state index contributed by atoms with van der Waals surface area (Å²) in [6, 6.07) is 0. The van der Waals surface area contributed by atoms with Gasteiger partial charge in [-0.25, -0.2) is 9.78 Å². The third-order valence-corrected chi connectivity index (χ3v) is 5.35. The number of esters is 1. The highest BCUT2D eigenvalue weighted by molar-refractivity contribution is 5.70. The SMILES string of the molecule is CC/C=C/[C@H](CC)C[C@@H](C)C[C@@]1(CC)C=C(CC)[C@@H](CC(=O)OC)OO1. The summed E-state index contributed by atoms with van der Waals surface area (Å²) < 4.78 is 4.77. The maximum absolute atomic E-state index is 11.6. The number of methoxy groups -OCH3 is 1. The Morgan fingerprint density at radius 2 is 2.08 bits per heavy atom. The Labute approximate surface area is 159 Å². The van der Waals surface area contributed by atoms with Crippen molar-refractivity contribution in [3.63, 3.8) is 0 Å². The van der Waals surface area contributed by atoms with E-state index in [0.29, 0.717) is 11.8 Å². The fraction of sp³-hybridized carbons (Fsp3) is 0.773. The molecule has 1 aliphatic heterocycles. The summed E-state index contributed by atoms with van der Waals surface area (Å²) >= 11 is 0. The third kappa shape index (κ3) is 6.88. The first kappa shape index (κ1) is 22.9. The minimum Gasteiger partial charge on any atom is -0.469 e. The van der Waals surface area contributed by atoms with Crippen molar-refractivity contribution in [3.05, 3.63) is 23.8 Å². The van der Waals surface area contributed by atoms with Gasteiger partial charge in [0.15, 0.2) is 0 Å². The Hall–Kier alpha value is -1.13. The summed E-state index contributed by atoms with van der Waals surface area (Å²) in [5, 5.41) is 0. The lowest BCUT2D eigenvalue weighted by molar-refractivity contribution is -0.378. The van der Waals surface area contributed by atoms with E-state index in [1.807, 2.05) is 0 Å². The van der Waals surface area contributed by atoms with E-state index in [0.717, 1.165) is 44.1 Å². The molecule has 0 fully saturated rings. The van der Waals surface area contributed by atoms with Gasteiger partial charge in [0.2, 0.25) is 0 Å². The zero-order valence-electron chi connectivity index (χ0n) is 17.5. The third-order valence-electron chi connectivity index (χ3n) is 5.35. The number of ether oxygens (including phenoxy) is 1. The Bertz CT molecular complexity index is 483. The summed E-state index contributed by atoms with van der Waals surface area (Å²) in [7, 11) is 1.40. The van der Waals surface area contributed by atoms with Crippen LogP contribution in [-0.2, 0) is 19.3 Å². The van der Waals surface area contributed by atoms with E-state index in [2.05, 4.69) is 52.8 Å². The second-order valence-corrected chi connectivity index (χ2v) is 7.49. The Balaban J connectivity index is 2.82. The summed E-state index contributed by atoms with van der Waals surface area (Å²) in [6.07, 6.45) is 12.7. The van der Waals surface area contributed by atoms with Crippen LogP contribution in [0.25, 0.3) is 0 Å². The number of allylic oxidation sites excluding steroid dienone is 2. The van der Waals surface area contributed by atoms with Crippen molar-refractivity contribution in [3.8, 4) is 0 Å². The fourth-order valence-electron chi connectivity index (χ4n) is 3.70. The first-order chi connectivity index (χ1) is 12.4. The van der Waals surface area contributed by atoms with Crippen molar-refractivity contribution < 1.29 is 19.3 Å². The molecule has 0 aromatic rings. The lowest BCUT2D eigenvalue weighted by Crippen LogP contribution is -2.40. The maximum atomic E-state index is 11.6. The van der Waals surface area contributed by atoms with Crippen LogP contribution in [0.1, 0.15) is 79.6 Å². The van der Waals surface area contributed by atoms with Crippen molar-refractivity contribution in [1.29, 1.82) is 0 Å². The van der Waals surface area contributed by atoms with Gasteiger partial charge < -0.3 is 4.74 Å². The van der Waals surface area contributed by atoms with Crippen LogP contribution in [-0.4, -0.2) is 24.8 Å². The number of carbonyl (C=O) groups excluding carboxylic acids is 1. The minimum atomic E-state index is -0.399. The Morgan fingerprint density at radius 3 is 2.62 bits per heavy atom. The van der Waals surface area contributed by atoms with Crippen LogP contribution in [0.5, 0.6) is 0 Å². The largest absolute Gasteiger partial charge is 0.469 e. The first-order valence-corrected chi connectivity index (χ1v) is 10.2. The molecule has 4 heteroatoms. The average molecular weight is 367 g/mol. The van der Waals surface area contributed by atoms with Crippen molar-refractivity contribution in [2.45, 2.75) is 91.3 Å². The van der Waals surface area contributed by atoms with Gasteiger partial charge in [0.25, 0.3) is 0 Å². The predicted molar refractivity (Wildman–Crippen MR) is 106 cm³/mol. The summed E-state index contributed by atoms with van der Waals surface area (Å²) in [4.78, 5) is 23.1. The molecule has 0 radical (unpaired) electrons. The topological polar surface area (TPSA) is 44.8 Å².